The Kier molecular flexibility index (Phi) is 5.15. The summed E-state index contributed by atoms with van der Waals surface area (Å²) in [6.07, 6.45) is 3.34. The molecule has 1 N–H and O–H groups in total. The van der Waals surface area contributed by atoms with Crippen molar-refractivity contribution in [2.24, 2.45) is 5.92 Å². The first-order chi connectivity index (χ1) is 19.1. The minimum absolute atomic E-state index is 0.0407. The predicted molar refractivity (Wildman–Crippen MR) is 145 cm³/mol. The van der Waals surface area contributed by atoms with Gasteiger partial charge >= 0.3 is 11.4 Å². The van der Waals surface area contributed by atoms with E-state index in [1.165, 1.54) is 28.7 Å². The van der Waals surface area contributed by atoms with Gasteiger partial charge in [-0.3, -0.25) is 14.5 Å². The summed E-state index contributed by atoms with van der Waals surface area (Å²) in [7, 11) is 1.33. The second-order valence-electron chi connectivity index (χ2n) is 10.5. The van der Waals surface area contributed by atoms with Crippen molar-refractivity contribution in [1.29, 1.82) is 0 Å². The standard InChI is InChI=1S/C28H22Cl2N4O6/c1-31-23(36)27(29)13-20-19(9-10-32-25(38)33(26(39)34(20)32)17-5-3-2-4-6-17)22(28(27,30)24(31)37)16-11-15-12-18(35)7-8-21(15)40-14-16/h2-9,12,14,20,22,35H,10-11,13H2,1H3/t20-,22+,27-,28+/m1/s1. The van der Waals surface area contributed by atoms with Crippen LogP contribution in [0.25, 0.3) is 5.69 Å². The lowest BCUT2D eigenvalue weighted by Crippen LogP contribution is -2.61. The normalized spacial score (nSPS) is 28.6. The Labute approximate surface area is 236 Å². The first kappa shape index (κ1) is 25.0. The molecule has 10 nitrogen and oxygen atoms in total. The molecule has 2 fully saturated rings. The highest BCUT2D eigenvalue weighted by Crippen LogP contribution is 2.62. The molecule has 4 atom stereocenters. The number of hydrogen-bond donors (Lipinski definition) is 1. The predicted octanol–water partition coefficient (Wildman–Crippen LogP) is 2.48. The number of phenols is 1. The molecular weight excluding hydrogens is 559 g/mol. The number of benzene rings is 2. The lowest BCUT2D eigenvalue weighted by molar-refractivity contribution is -0.137. The summed E-state index contributed by atoms with van der Waals surface area (Å²) in [5.74, 6) is -1.71. The molecule has 0 unspecified atom stereocenters. The summed E-state index contributed by atoms with van der Waals surface area (Å²) < 4.78 is 9.58. The number of nitrogens with zero attached hydrogens (tertiary/aromatic N) is 4. The minimum atomic E-state index is -1.92. The van der Waals surface area contributed by atoms with Gasteiger partial charge in [0, 0.05) is 31.4 Å². The van der Waals surface area contributed by atoms with E-state index in [4.69, 9.17) is 27.9 Å². The van der Waals surface area contributed by atoms with Gasteiger partial charge in [0.1, 0.15) is 11.5 Å². The molecule has 2 aromatic carbocycles. The van der Waals surface area contributed by atoms with Crippen LogP contribution in [0.3, 0.4) is 0 Å². The highest BCUT2D eigenvalue weighted by Gasteiger charge is 2.75. The van der Waals surface area contributed by atoms with Gasteiger partial charge in [-0.05, 0) is 41.5 Å². The number of aromatic nitrogens is 3. The highest BCUT2D eigenvalue weighted by atomic mass is 35.5. The number of ether oxygens (including phenoxy) is 1. The van der Waals surface area contributed by atoms with Gasteiger partial charge in [-0.15, -0.1) is 23.2 Å². The smallest absolute Gasteiger partial charge is 0.352 e. The third kappa shape index (κ3) is 3.00. The Morgan fingerprint density at radius 2 is 1.75 bits per heavy atom. The quantitative estimate of drug-likeness (QED) is 0.283. The van der Waals surface area contributed by atoms with Crippen molar-refractivity contribution in [3.05, 3.63) is 98.5 Å². The maximum atomic E-state index is 13.8. The monoisotopic (exact) mass is 580 g/mol. The topological polar surface area (TPSA) is 116 Å². The molecule has 1 saturated heterocycles. The Balaban J connectivity index is 1.44. The molecule has 3 aliphatic heterocycles. The lowest BCUT2D eigenvalue weighted by atomic mass is 9.63. The van der Waals surface area contributed by atoms with Crippen molar-refractivity contribution in [2.75, 3.05) is 7.05 Å². The molecule has 7 rings (SSSR count). The number of carbonyl (C=O) groups is 2. The van der Waals surface area contributed by atoms with Crippen LogP contribution in [-0.4, -0.2) is 52.5 Å². The molecule has 0 radical (unpaired) electrons. The van der Waals surface area contributed by atoms with Crippen molar-refractivity contribution in [2.45, 2.75) is 35.2 Å². The van der Waals surface area contributed by atoms with Gasteiger partial charge in [0.25, 0.3) is 11.8 Å². The van der Waals surface area contributed by atoms with Gasteiger partial charge < -0.3 is 9.84 Å². The third-order valence-electron chi connectivity index (χ3n) is 8.44. The van der Waals surface area contributed by atoms with Crippen LogP contribution in [0, 0.1) is 5.92 Å². The van der Waals surface area contributed by atoms with E-state index in [0.29, 0.717) is 28.1 Å². The van der Waals surface area contributed by atoms with Crippen LogP contribution in [-0.2, 0) is 22.6 Å². The van der Waals surface area contributed by atoms with Crippen LogP contribution >= 0.6 is 23.2 Å². The maximum absolute atomic E-state index is 13.8. The van der Waals surface area contributed by atoms with Crippen LogP contribution in [0.4, 0.5) is 0 Å². The minimum Gasteiger partial charge on any atom is -0.508 e. The Morgan fingerprint density at radius 1 is 1.00 bits per heavy atom. The number of para-hydroxylation sites is 1. The van der Waals surface area contributed by atoms with Crippen molar-refractivity contribution >= 4 is 35.0 Å². The number of amides is 2. The van der Waals surface area contributed by atoms with Crippen molar-refractivity contribution in [1.82, 2.24) is 18.8 Å². The fraction of sp³-hybridized carbons (Fsp3) is 0.286. The maximum Gasteiger partial charge on any atom is 0.352 e. The summed E-state index contributed by atoms with van der Waals surface area (Å²) in [6, 6.07) is 12.4. The number of likely N-dealkylation sites (tertiary alicyclic amines) is 1. The zero-order chi connectivity index (χ0) is 28.1. The van der Waals surface area contributed by atoms with Crippen LogP contribution in [0.2, 0.25) is 0 Å². The molecule has 1 saturated carbocycles. The third-order valence-corrected chi connectivity index (χ3v) is 9.86. The SMILES string of the molecule is CN1C(=O)[C@]2(Cl)C[C@@H]3C(=CCn4c(=O)n(-c5ccccc5)c(=O)n43)[C@H](C3=COc4ccc(O)cc4C3)[C@]2(Cl)C1=O. The average molecular weight is 581 g/mol. The number of alkyl halides is 2. The molecule has 0 bridgehead atoms. The van der Waals surface area contributed by atoms with E-state index >= 15 is 0 Å². The fourth-order valence-corrected chi connectivity index (χ4v) is 7.63. The molecule has 12 heteroatoms. The molecule has 3 aromatic rings. The van der Waals surface area contributed by atoms with Gasteiger partial charge in [0.2, 0.25) is 0 Å². The summed E-state index contributed by atoms with van der Waals surface area (Å²) in [4.78, 5) is 51.6. The molecule has 1 aromatic heterocycles. The largest absolute Gasteiger partial charge is 0.508 e. The van der Waals surface area contributed by atoms with Gasteiger partial charge in [0.05, 0.1) is 24.5 Å². The second-order valence-corrected chi connectivity index (χ2v) is 11.7. The van der Waals surface area contributed by atoms with E-state index in [9.17, 15) is 24.3 Å². The number of phenolic OH excluding ortho intramolecular Hbond substituents is 1. The summed E-state index contributed by atoms with van der Waals surface area (Å²) in [5.41, 5.74) is 1.07. The van der Waals surface area contributed by atoms with Crippen LogP contribution < -0.4 is 16.1 Å². The van der Waals surface area contributed by atoms with E-state index in [2.05, 4.69) is 0 Å². The first-order valence-electron chi connectivity index (χ1n) is 12.7. The zero-order valence-corrected chi connectivity index (χ0v) is 22.6. The number of rotatable bonds is 2. The zero-order valence-electron chi connectivity index (χ0n) is 21.1. The Morgan fingerprint density at radius 3 is 2.50 bits per heavy atom. The molecule has 4 heterocycles. The number of aromatic hydroxyl groups is 1. The number of fused-ring (bicyclic) bond motifs is 5. The highest BCUT2D eigenvalue weighted by molar-refractivity contribution is 6.53. The van der Waals surface area contributed by atoms with E-state index in [0.717, 1.165) is 9.47 Å². The first-order valence-corrected chi connectivity index (χ1v) is 13.4. The second kappa shape index (κ2) is 8.25. The summed E-state index contributed by atoms with van der Waals surface area (Å²) in [5, 5.41) is 10.1. The van der Waals surface area contributed by atoms with Crippen LogP contribution in [0.15, 0.2) is 81.6 Å². The van der Waals surface area contributed by atoms with Crippen molar-refractivity contribution < 1.29 is 19.4 Å². The number of imide groups is 1. The van der Waals surface area contributed by atoms with E-state index < -0.39 is 44.9 Å². The van der Waals surface area contributed by atoms with Crippen molar-refractivity contribution in [3.8, 4) is 17.2 Å². The number of halogens is 2. The van der Waals surface area contributed by atoms with E-state index in [-0.39, 0.29) is 25.1 Å². The van der Waals surface area contributed by atoms with Crippen molar-refractivity contribution in [3.63, 3.8) is 0 Å². The van der Waals surface area contributed by atoms with E-state index in [1.54, 1.807) is 48.5 Å². The molecule has 204 valence electrons. The molecule has 4 aliphatic rings. The molecule has 0 spiro atoms. The number of carbonyl (C=O) groups excluding carboxylic acids is 2. The van der Waals surface area contributed by atoms with E-state index in [1.807, 2.05) is 0 Å². The Bertz CT molecular complexity index is 1820. The molecular formula is C28H22Cl2N4O6. The summed E-state index contributed by atoms with van der Waals surface area (Å²) >= 11 is 14.3. The number of allylic oxidation sites excluding steroid dienone is 3. The van der Waals surface area contributed by atoms with Crippen LogP contribution in [0.1, 0.15) is 18.0 Å². The van der Waals surface area contributed by atoms with Crippen LogP contribution in [0.5, 0.6) is 11.5 Å². The summed E-state index contributed by atoms with van der Waals surface area (Å²) in [6.45, 7) is 0.0436. The lowest BCUT2D eigenvalue weighted by Gasteiger charge is -2.49. The van der Waals surface area contributed by atoms with Gasteiger partial charge in [-0.1, -0.05) is 24.3 Å². The molecule has 40 heavy (non-hydrogen) atoms. The Hall–Kier alpha value is -4.02. The molecule has 2 amide bonds. The fourth-order valence-electron chi connectivity index (χ4n) is 6.62. The van der Waals surface area contributed by atoms with Gasteiger partial charge in [-0.2, -0.15) is 0 Å². The average Bonchev–Trinajstić information content (AvgIpc) is 3.28. The van der Waals surface area contributed by atoms with Gasteiger partial charge in [-0.25, -0.2) is 23.5 Å². The van der Waals surface area contributed by atoms with Gasteiger partial charge in [0.15, 0.2) is 9.75 Å². The molecule has 1 aliphatic carbocycles. The number of hydrogen-bond acceptors (Lipinski definition) is 6.